The van der Waals surface area contributed by atoms with Gasteiger partial charge < -0.3 is 9.30 Å². The fraction of sp³-hybridized carbons (Fsp3) is 0.545. The number of carbonyl (C=O) groups excluding carboxylic acids is 1. The van der Waals surface area contributed by atoms with Crippen LogP contribution in [0.2, 0.25) is 0 Å². The third-order valence-electron chi connectivity index (χ3n) is 2.41. The number of rotatable bonds is 3. The molecule has 0 atom stereocenters. The number of nitrogens with zero attached hydrogens (tertiary/aromatic N) is 1. The fourth-order valence-corrected chi connectivity index (χ4v) is 1.64. The van der Waals surface area contributed by atoms with E-state index in [0.29, 0.717) is 5.69 Å². The highest BCUT2D eigenvalue weighted by Crippen LogP contribution is 2.23. The Balaban J connectivity index is 3.06. The van der Waals surface area contributed by atoms with E-state index in [2.05, 4.69) is 0 Å². The molecule has 0 aliphatic rings. The number of hydrogen-bond donors (Lipinski definition) is 0. The summed E-state index contributed by atoms with van der Waals surface area (Å²) in [5, 5.41) is 0. The Labute approximate surface area is 97.2 Å². The molecular formula is C11H14F3NO2. The van der Waals surface area contributed by atoms with Gasteiger partial charge in [-0.2, -0.15) is 13.2 Å². The summed E-state index contributed by atoms with van der Waals surface area (Å²) >= 11 is 0. The van der Waals surface area contributed by atoms with E-state index in [-0.39, 0.29) is 17.9 Å². The number of ether oxygens (including phenoxy) is 1. The van der Waals surface area contributed by atoms with Crippen LogP contribution in [0.15, 0.2) is 6.07 Å². The van der Waals surface area contributed by atoms with Crippen LogP contribution in [-0.4, -0.2) is 23.3 Å². The van der Waals surface area contributed by atoms with Gasteiger partial charge >= 0.3 is 12.1 Å². The molecule has 1 aromatic heterocycles. The van der Waals surface area contributed by atoms with Gasteiger partial charge in [-0.1, -0.05) is 0 Å². The molecule has 0 N–H and O–H groups in total. The molecule has 17 heavy (non-hydrogen) atoms. The number of esters is 1. The minimum atomic E-state index is -4.31. The largest absolute Gasteiger partial charge is 0.462 e. The molecule has 0 aliphatic carbocycles. The van der Waals surface area contributed by atoms with Crippen LogP contribution in [0.25, 0.3) is 0 Å². The molecule has 0 bridgehead atoms. The van der Waals surface area contributed by atoms with Crippen molar-refractivity contribution in [3.8, 4) is 0 Å². The van der Waals surface area contributed by atoms with Crippen molar-refractivity contribution in [1.82, 2.24) is 4.57 Å². The van der Waals surface area contributed by atoms with Gasteiger partial charge in [0.2, 0.25) is 0 Å². The standard InChI is InChI=1S/C11H14F3NO2/c1-4-17-10(16)9-5-7(2)15(8(9)3)6-11(12,13)14/h5H,4,6H2,1-3H3. The summed E-state index contributed by atoms with van der Waals surface area (Å²) in [6.07, 6.45) is -4.31. The van der Waals surface area contributed by atoms with Crippen LogP contribution in [0.3, 0.4) is 0 Å². The number of hydrogen-bond acceptors (Lipinski definition) is 2. The zero-order valence-corrected chi connectivity index (χ0v) is 9.89. The van der Waals surface area contributed by atoms with Crippen molar-refractivity contribution < 1.29 is 22.7 Å². The van der Waals surface area contributed by atoms with Crippen molar-refractivity contribution in [2.45, 2.75) is 33.5 Å². The second kappa shape index (κ2) is 4.81. The second-order valence-corrected chi connectivity index (χ2v) is 3.71. The number of aromatic nitrogens is 1. The number of carbonyl (C=O) groups is 1. The van der Waals surface area contributed by atoms with E-state index in [1.807, 2.05) is 0 Å². The lowest BCUT2D eigenvalue weighted by molar-refractivity contribution is -0.141. The molecule has 0 aromatic carbocycles. The molecule has 1 rings (SSSR count). The third-order valence-corrected chi connectivity index (χ3v) is 2.41. The summed E-state index contributed by atoms with van der Waals surface area (Å²) in [4.78, 5) is 11.5. The minimum Gasteiger partial charge on any atom is -0.462 e. The normalized spacial score (nSPS) is 11.6. The SMILES string of the molecule is CCOC(=O)c1cc(C)n(CC(F)(F)F)c1C. The van der Waals surface area contributed by atoms with E-state index in [4.69, 9.17) is 4.74 Å². The number of aryl methyl sites for hydroxylation is 1. The summed E-state index contributed by atoms with van der Waals surface area (Å²) in [6.45, 7) is 3.76. The smallest absolute Gasteiger partial charge is 0.406 e. The van der Waals surface area contributed by atoms with Crippen LogP contribution < -0.4 is 0 Å². The average Bonchev–Trinajstić information content (AvgIpc) is 2.44. The molecule has 0 fully saturated rings. The first-order valence-corrected chi connectivity index (χ1v) is 5.17. The summed E-state index contributed by atoms with van der Waals surface area (Å²) in [7, 11) is 0. The van der Waals surface area contributed by atoms with Gasteiger partial charge in [-0.15, -0.1) is 0 Å². The first kappa shape index (κ1) is 13.6. The van der Waals surface area contributed by atoms with Gasteiger partial charge in [0.25, 0.3) is 0 Å². The lowest BCUT2D eigenvalue weighted by Gasteiger charge is -2.12. The molecule has 0 saturated carbocycles. The molecule has 96 valence electrons. The zero-order chi connectivity index (χ0) is 13.2. The quantitative estimate of drug-likeness (QED) is 0.771. The van der Waals surface area contributed by atoms with Crippen LogP contribution in [-0.2, 0) is 11.3 Å². The van der Waals surface area contributed by atoms with Crippen LogP contribution in [0.1, 0.15) is 28.7 Å². The van der Waals surface area contributed by atoms with Crippen molar-refractivity contribution in [2.24, 2.45) is 0 Å². The molecule has 0 spiro atoms. The van der Waals surface area contributed by atoms with Gasteiger partial charge in [-0.25, -0.2) is 4.79 Å². The first-order chi connectivity index (χ1) is 7.76. The topological polar surface area (TPSA) is 31.2 Å². The summed E-state index contributed by atoms with van der Waals surface area (Å²) < 4.78 is 42.8. The molecule has 0 unspecified atom stereocenters. The predicted molar refractivity (Wildman–Crippen MR) is 55.9 cm³/mol. The summed E-state index contributed by atoms with van der Waals surface area (Å²) in [6, 6.07) is 1.42. The Morgan fingerprint density at radius 3 is 2.47 bits per heavy atom. The van der Waals surface area contributed by atoms with Gasteiger partial charge in [0.1, 0.15) is 6.54 Å². The lowest BCUT2D eigenvalue weighted by atomic mass is 10.2. The van der Waals surface area contributed by atoms with Crippen LogP contribution in [0.4, 0.5) is 13.2 Å². The molecule has 0 aliphatic heterocycles. The molecule has 0 amide bonds. The van der Waals surface area contributed by atoms with E-state index in [1.165, 1.54) is 19.9 Å². The van der Waals surface area contributed by atoms with Crippen LogP contribution >= 0.6 is 0 Å². The molecule has 6 heteroatoms. The second-order valence-electron chi connectivity index (χ2n) is 3.71. The molecule has 0 radical (unpaired) electrons. The highest BCUT2D eigenvalue weighted by molar-refractivity contribution is 5.91. The van der Waals surface area contributed by atoms with Gasteiger partial charge in [0, 0.05) is 11.4 Å². The Hall–Kier alpha value is -1.46. The molecule has 0 saturated heterocycles. The van der Waals surface area contributed by atoms with Gasteiger partial charge in [0.05, 0.1) is 12.2 Å². The zero-order valence-electron chi connectivity index (χ0n) is 9.89. The monoisotopic (exact) mass is 249 g/mol. The van der Waals surface area contributed by atoms with Crippen LogP contribution in [0, 0.1) is 13.8 Å². The lowest BCUT2D eigenvalue weighted by Crippen LogP contribution is -2.19. The maximum absolute atomic E-state index is 12.3. The van der Waals surface area contributed by atoms with Gasteiger partial charge in [0.15, 0.2) is 0 Å². The van der Waals surface area contributed by atoms with E-state index in [0.717, 1.165) is 4.57 Å². The van der Waals surface area contributed by atoms with E-state index < -0.39 is 18.7 Å². The van der Waals surface area contributed by atoms with Crippen molar-refractivity contribution in [3.05, 3.63) is 23.0 Å². The van der Waals surface area contributed by atoms with Crippen molar-refractivity contribution >= 4 is 5.97 Å². The highest BCUT2D eigenvalue weighted by Gasteiger charge is 2.30. The third kappa shape index (κ3) is 3.25. The van der Waals surface area contributed by atoms with Gasteiger partial charge in [-0.3, -0.25) is 0 Å². The molecule has 1 heterocycles. The van der Waals surface area contributed by atoms with E-state index in [1.54, 1.807) is 6.92 Å². The van der Waals surface area contributed by atoms with Crippen molar-refractivity contribution in [3.63, 3.8) is 0 Å². The number of alkyl halides is 3. The van der Waals surface area contributed by atoms with E-state index >= 15 is 0 Å². The molecule has 3 nitrogen and oxygen atoms in total. The Morgan fingerprint density at radius 1 is 1.41 bits per heavy atom. The molecular weight excluding hydrogens is 235 g/mol. The predicted octanol–water partition coefficient (Wildman–Crippen LogP) is 2.84. The maximum Gasteiger partial charge on any atom is 0.406 e. The van der Waals surface area contributed by atoms with E-state index in [9.17, 15) is 18.0 Å². The first-order valence-electron chi connectivity index (χ1n) is 5.17. The number of halogens is 3. The minimum absolute atomic E-state index is 0.189. The van der Waals surface area contributed by atoms with Gasteiger partial charge in [-0.05, 0) is 26.8 Å². The van der Waals surface area contributed by atoms with Crippen molar-refractivity contribution in [2.75, 3.05) is 6.61 Å². The average molecular weight is 249 g/mol. The summed E-state index contributed by atoms with van der Waals surface area (Å²) in [5.74, 6) is -0.589. The Bertz CT molecular complexity index is 421. The Morgan fingerprint density at radius 2 is 2.00 bits per heavy atom. The summed E-state index contributed by atoms with van der Waals surface area (Å²) in [5.41, 5.74) is 0.856. The highest BCUT2D eigenvalue weighted by atomic mass is 19.4. The van der Waals surface area contributed by atoms with Crippen molar-refractivity contribution in [1.29, 1.82) is 0 Å². The fourth-order valence-electron chi connectivity index (χ4n) is 1.64. The molecule has 1 aromatic rings. The Kier molecular flexibility index (Phi) is 3.85. The maximum atomic E-state index is 12.3. The van der Waals surface area contributed by atoms with Crippen LogP contribution in [0.5, 0.6) is 0 Å².